The first kappa shape index (κ1) is 18.2. The van der Waals surface area contributed by atoms with Gasteiger partial charge in [-0.3, -0.25) is 4.98 Å². The second-order valence-electron chi connectivity index (χ2n) is 6.08. The lowest BCUT2D eigenvalue weighted by Gasteiger charge is -2.20. The molecule has 1 aromatic carbocycles. The summed E-state index contributed by atoms with van der Waals surface area (Å²) in [5.41, 5.74) is 2.24. The molecule has 4 heteroatoms. The van der Waals surface area contributed by atoms with Crippen LogP contribution in [-0.4, -0.2) is 35.6 Å². The van der Waals surface area contributed by atoms with Crippen LogP contribution in [0.2, 0.25) is 5.02 Å². The van der Waals surface area contributed by atoms with E-state index in [2.05, 4.69) is 48.1 Å². The summed E-state index contributed by atoms with van der Waals surface area (Å²) >= 11 is 6.05. The standard InChI is InChI=1S/C19H28ClN3/c1-4-23(5-2)12-6-7-15(3)22-14-16-10-11-21-19-13-17(20)8-9-18(16)19/h8-11,13,15,22H,4-7,12,14H2,1-3H3/t15-/m0/s1. The molecule has 0 aliphatic heterocycles. The van der Waals surface area contributed by atoms with Crippen molar-refractivity contribution in [2.45, 2.75) is 46.2 Å². The van der Waals surface area contributed by atoms with Crippen molar-refractivity contribution in [3.63, 3.8) is 0 Å². The van der Waals surface area contributed by atoms with Gasteiger partial charge in [-0.15, -0.1) is 0 Å². The summed E-state index contributed by atoms with van der Waals surface area (Å²) in [4.78, 5) is 6.88. The Bertz CT molecular complexity index is 611. The molecule has 0 spiro atoms. The minimum atomic E-state index is 0.515. The lowest BCUT2D eigenvalue weighted by atomic mass is 10.1. The summed E-state index contributed by atoms with van der Waals surface area (Å²) < 4.78 is 0. The van der Waals surface area contributed by atoms with Crippen LogP contribution in [0.25, 0.3) is 10.9 Å². The molecular weight excluding hydrogens is 306 g/mol. The Labute approximate surface area is 145 Å². The Balaban J connectivity index is 1.86. The van der Waals surface area contributed by atoms with Gasteiger partial charge >= 0.3 is 0 Å². The summed E-state index contributed by atoms with van der Waals surface area (Å²) in [6, 6.07) is 8.52. The van der Waals surface area contributed by atoms with Crippen LogP contribution >= 0.6 is 11.6 Å². The molecule has 0 unspecified atom stereocenters. The van der Waals surface area contributed by atoms with Crippen molar-refractivity contribution < 1.29 is 0 Å². The van der Waals surface area contributed by atoms with E-state index in [0.29, 0.717) is 6.04 Å². The van der Waals surface area contributed by atoms with Gasteiger partial charge in [0, 0.05) is 29.2 Å². The van der Waals surface area contributed by atoms with E-state index in [0.717, 1.165) is 30.2 Å². The van der Waals surface area contributed by atoms with E-state index >= 15 is 0 Å². The normalized spacial score (nSPS) is 12.9. The molecule has 3 nitrogen and oxygen atoms in total. The zero-order chi connectivity index (χ0) is 16.7. The van der Waals surface area contributed by atoms with Gasteiger partial charge in [0.1, 0.15) is 0 Å². The molecule has 0 saturated heterocycles. The molecule has 1 heterocycles. The van der Waals surface area contributed by atoms with Crippen molar-refractivity contribution >= 4 is 22.5 Å². The number of nitrogens with one attached hydrogen (secondary N) is 1. The number of rotatable bonds is 9. The SMILES string of the molecule is CCN(CC)CCC[C@H](C)NCc1ccnc2cc(Cl)ccc12. The molecule has 0 saturated carbocycles. The largest absolute Gasteiger partial charge is 0.310 e. The first-order valence-corrected chi connectivity index (χ1v) is 9.00. The highest BCUT2D eigenvalue weighted by molar-refractivity contribution is 6.31. The average Bonchev–Trinajstić information content (AvgIpc) is 2.56. The molecule has 2 rings (SSSR count). The van der Waals surface area contributed by atoms with Gasteiger partial charge in [0.2, 0.25) is 0 Å². The van der Waals surface area contributed by atoms with Crippen molar-refractivity contribution in [1.82, 2.24) is 15.2 Å². The topological polar surface area (TPSA) is 28.2 Å². The van der Waals surface area contributed by atoms with Crippen LogP contribution in [-0.2, 0) is 6.54 Å². The maximum atomic E-state index is 6.05. The Morgan fingerprint density at radius 3 is 2.74 bits per heavy atom. The highest BCUT2D eigenvalue weighted by atomic mass is 35.5. The average molecular weight is 334 g/mol. The van der Waals surface area contributed by atoms with E-state index in [1.807, 2.05) is 18.3 Å². The van der Waals surface area contributed by atoms with Crippen LogP contribution in [0.1, 0.15) is 39.2 Å². The van der Waals surface area contributed by atoms with Crippen molar-refractivity contribution in [2.24, 2.45) is 0 Å². The third kappa shape index (κ3) is 5.45. The van der Waals surface area contributed by atoms with Gasteiger partial charge in [0.05, 0.1) is 5.52 Å². The lowest BCUT2D eigenvalue weighted by molar-refractivity contribution is 0.290. The fourth-order valence-corrected chi connectivity index (χ4v) is 3.05. The molecule has 1 N–H and O–H groups in total. The Morgan fingerprint density at radius 2 is 2.00 bits per heavy atom. The van der Waals surface area contributed by atoms with Gasteiger partial charge in [-0.25, -0.2) is 0 Å². The molecule has 0 aliphatic rings. The molecular formula is C19H28ClN3. The van der Waals surface area contributed by atoms with Crippen LogP contribution < -0.4 is 5.32 Å². The fourth-order valence-electron chi connectivity index (χ4n) is 2.88. The predicted octanol–water partition coefficient (Wildman–Crippen LogP) is 4.49. The van der Waals surface area contributed by atoms with E-state index in [-0.39, 0.29) is 0 Å². The van der Waals surface area contributed by atoms with Crippen molar-refractivity contribution in [3.8, 4) is 0 Å². The Morgan fingerprint density at radius 1 is 1.22 bits per heavy atom. The summed E-state index contributed by atoms with van der Waals surface area (Å²) in [5.74, 6) is 0. The fraction of sp³-hybridized carbons (Fsp3) is 0.526. The van der Waals surface area contributed by atoms with E-state index in [1.54, 1.807) is 0 Å². The summed E-state index contributed by atoms with van der Waals surface area (Å²) in [7, 11) is 0. The number of fused-ring (bicyclic) bond motifs is 1. The summed E-state index contributed by atoms with van der Waals surface area (Å²) in [6.07, 6.45) is 4.30. The molecule has 126 valence electrons. The third-order valence-electron chi connectivity index (χ3n) is 4.44. The maximum Gasteiger partial charge on any atom is 0.0720 e. The molecule has 23 heavy (non-hydrogen) atoms. The number of aromatic nitrogens is 1. The monoisotopic (exact) mass is 333 g/mol. The van der Waals surface area contributed by atoms with Crippen LogP contribution in [0.3, 0.4) is 0 Å². The maximum absolute atomic E-state index is 6.05. The molecule has 0 radical (unpaired) electrons. The number of nitrogens with zero attached hydrogens (tertiary/aromatic N) is 2. The highest BCUT2D eigenvalue weighted by Crippen LogP contribution is 2.20. The third-order valence-corrected chi connectivity index (χ3v) is 4.68. The zero-order valence-corrected chi connectivity index (χ0v) is 15.2. The van der Waals surface area contributed by atoms with Gasteiger partial charge in [0.15, 0.2) is 0 Å². The summed E-state index contributed by atoms with van der Waals surface area (Å²) in [5, 5.41) is 5.55. The van der Waals surface area contributed by atoms with Crippen LogP contribution in [0.5, 0.6) is 0 Å². The van der Waals surface area contributed by atoms with Crippen molar-refractivity contribution in [3.05, 3.63) is 41.0 Å². The molecule has 0 bridgehead atoms. The van der Waals surface area contributed by atoms with E-state index in [4.69, 9.17) is 11.6 Å². The number of hydrogen-bond donors (Lipinski definition) is 1. The first-order chi connectivity index (χ1) is 11.1. The van der Waals surface area contributed by atoms with Gasteiger partial charge < -0.3 is 10.2 Å². The van der Waals surface area contributed by atoms with Crippen LogP contribution in [0, 0.1) is 0 Å². The van der Waals surface area contributed by atoms with Crippen molar-refractivity contribution in [2.75, 3.05) is 19.6 Å². The minimum absolute atomic E-state index is 0.515. The molecule has 1 aromatic heterocycles. The molecule has 1 atom stereocenters. The van der Waals surface area contributed by atoms with Gasteiger partial charge in [-0.1, -0.05) is 31.5 Å². The van der Waals surface area contributed by atoms with Gasteiger partial charge in [-0.05, 0) is 63.2 Å². The zero-order valence-electron chi connectivity index (χ0n) is 14.5. The lowest BCUT2D eigenvalue weighted by Crippen LogP contribution is -2.28. The second kappa shape index (κ2) is 9.21. The van der Waals surface area contributed by atoms with E-state index < -0.39 is 0 Å². The van der Waals surface area contributed by atoms with E-state index in [1.165, 1.54) is 30.3 Å². The molecule has 2 aromatic rings. The first-order valence-electron chi connectivity index (χ1n) is 8.63. The van der Waals surface area contributed by atoms with Gasteiger partial charge in [0.25, 0.3) is 0 Å². The second-order valence-corrected chi connectivity index (χ2v) is 6.52. The number of pyridine rings is 1. The van der Waals surface area contributed by atoms with Crippen LogP contribution in [0.4, 0.5) is 0 Å². The summed E-state index contributed by atoms with van der Waals surface area (Å²) in [6.45, 7) is 11.1. The smallest absolute Gasteiger partial charge is 0.0720 e. The predicted molar refractivity (Wildman–Crippen MR) is 100 cm³/mol. The molecule has 0 aliphatic carbocycles. The Kier molecular flexibility index (Phi) is 7.28. The number of benzene rings is 1. The quantitative estimate of drug-likeness (QED) is 0.733. The molecule has 0 amide bonds. The highest BCUT2D eigenvalue weighted by Gasteiger charge is 2.06. The Hall–Kier alpha value is -1.16. The number of hydrogen-bond acceptors (Lipinski definition) is 3. The molecule has 0 fully saturated rings. The van der Waals surface area contributed by atoms with Gasteiger partial charge in [-0.2, -0.15) is 0 Å². The van der Waals surface area contributed by atoms with Crippen LogP contribution in [0.15, 0.2) is 30.5 Å². The van der Waals surface area contributed by atoms with E-state index in [9.17, 15) is 0 Å². The minimum Gasteiger partial charge on any atom is -0.310 e. The number of halogens is 1. The van der Waals surface area contributed by atoms with Crippen molar-refractivity contribution in [1.29, 1.82) is 0 Å².